The Morgan fingerprint density at radius 3 is 2.88 bits per heavy atom. The van der Waals surface area contributed by atoms with Gasteiger partial charge < -0.3 is 4.90 Å². The smallest absolute Gasteiger partial charge is 0.228 e. The largest absolute Gasteiger partial charge is 0.342 e. The first-order chi connectivity index (χ1) is 12.2. The average Bonchev–Trinajstić information content (AvgIpc) is 3.06. The lowest BCUT2D eigenvalue weighted by Gasteiger charge is -2.31. The fourth-order valence-corrected chi connectivity index (χ4v) is 3.29. The van der Waals surface area contributed by atoms with Gasteiger partial charge in [0.1, 0.15) is 11.4 Å². The molecular weight excluding hydrogens is 318 g/mol. The van der Waals surface area contributed by atoms with E-state index in [9.17, 15) is 4.79 Å². The zero-order valence-electron chi connectivity index (χ0n) is 14.1. The molecule has 0 radical (unpaired) electrons. The van der Waals surface area contributed by atoms with E-state index in [1.54, 1.807) is 13.1 Å². The number of amides is 1. The number of rotatable bonds is 3. The monoisotopic (exact) mass is 337 g/mol. The van der Waals surface area contributed by atoms with Crippen LogP contribution in [0.3, 0.4) is 0 Å². The maximum atomic E-state index is 12.4. The van der Waals surface area contributed by atoms with E-state index < -0.39 is 0 Å². The second kappa shape index (κ2) is 6.58. The predicted octanol–water partition coefficient (Wildman–Crippen LogP) is 2.27. The van der Waals surface area contributed by atoms with Crippen molar-refractivity contribution >= 4 is 16.8 Å². The molecule has 7 nitrogen and oxygen atoms in total. The summed E-state index contributed by atoms with van der Waals surface area (Å²) >= 11 is 0. The highest BCUT2D eigenvalue weighted by Crippen LogP contribution is 2.28. The van der Waals surface area contributed by atoms with Gasteiger partial charge in [-0.05, 0) is 38.0 Å². The summed E-state index contributed by atoms with van der Waals surface area (Å²) in [7, 11) is 0. The summed E-state index contributed by atoms with van der Waals surface area (Å²) < 4.78 is 4.66. The van der Waals surface area contributed by atoms with E-state index in [4.69, 9.17) is 0 Å². The Morgan fingerprint density at radius 1 is 1.28 bits per heavy atom. The quantitative estimate of drug-likeness (QED) is 0.729. The van der Waals surface area contributed by atoms with Crippen molar-refractivity contribution in [3.05, 3.63) is 47.7 Å². The minimum atomic E-state index is 0.0744. The highest BCUT2D eigenvalue weighted by Gasteiger charge is 2.25. The molecule has 128 valence electrons. The highest BCUT2D eigenvalue weighted by molar-refractivity contribution is 5.79. The van der Waals surface area contributed by atoms with Gasteiger partial charge in [-0.1, -0.05) is 10.3 Å². The second-order valence-corrected chi connectivity index (χ2v) is 6.43. The minimum Gasteiger partial charge on any atom is -0.342 e. The number of aromatic nitrogens is 4. The van der Waals surface area contributed by atoms with Crippen LogP contribution in [0.4, 0.5) is 0 Å². The molecule has 3 aromatic rings. The summed E-state index contributed by atoms with van der Waals surface area (Å²) in [5, 5.41) is 8.56. The van der Waals surface area contributed by atoms with Crippen LogP contribution in [-0.4, -0.2) is 44.2 Å². The fourth-order valence-electron chi connectivity index (χ4n) is 3.29. The van der Waals surface area contributed by atoms with Crippen LogP contribution < -0.4 is 0 Å². The Balaban J connectivity index is 1.40. The number of pyridine rings is 2. The van der Waals surface area contributed by atoms with Crippen LogP contribution in [0.5, 0.6) is 0 Å². The summed E-state index contributed by atoms with van der Waals surface area (Å²) in [6.07, 6.45) is 5.75. The number of carbonyl (C=O) groups excluding carboxylic acids is 1. The van der Waals surface area contributed by atoms with Crippen molar-refractivity contribution in [2.45, 2.75) is 32.1 Å². The van der Waals surface area contributed by atoms with E-state index in [0.717, 1.165) is 42.5 Å². The van der Waals surface area contributed by atoms with Gasteiger partial charge in [0.05, 0.1) is 11.9 Å². The molecule has 7 heteroatoms. The van der Waals surface area contributed by atoms with Crippen LogP contribution in [0, 0.1) is 6.92 Å². The predicted molar refractivity (Wildman–Crippen MR) is 90.8 cm³/mol. The molecule has 0 atom stereocenters. The fraction of sp³-hybridized carbons (Fsp3) is 0.389. The number of hydrogen-bond acceptors (Lipinski definition) is 6. The SMILES string of the molecule is Cc1nonc1CC(=O)N1CCC(c2cc3ncccc3cn2)CC1. The molecule has 3 aromatic heterocycles. The van der Waals surface area contributed by atoms with Gasteiger partial charge in [-0.3, -0.25) is 14.8 Å². The number of fused-ring (bicyclic) bond motifs is 1. The molecule has 0 aliphatic carbocycles. The number of carbonyl (C=O) groups is 1. The molecule has 1 aliphatic rings. The maximum Gasteiger partial charge on any atom is 0.228 e. The first-order valence-corrected chi connectivity index (χ1v) is 8.47. The third-order valence-electron chi connectivity index (χ3n) is 4.84. The van der Waals surface area contributed by atoms with Gasteiger partial charge in [0.2, 0.25) is 5.91 Å². The van der Waals surface area contributed by atoms with Gasteiger partial charge in [-0.2, -0.15) is 0 Å². The first-order valence-electron chi connectivity index (χ1n) is 8.47. The summed E-state index contributed by atoms with van der Waals surface area (Å²) in [5.41, 5.74) is 3.33. The van der Waals surface area contributed by atoms with Crippen LogP contribution in [0.25, 0.3) is 10.9 Å². The number of nitrogens with zero attached hydrogens (tertiary/aromatic N) is 5. The van der Waals surface area contributed by atoms with Crippen LogP contribution in [-0.2, 0) is 11.2 Å². The molecule has 1 amide bonds. The van der Waals surface area contributed by atoms with Gasteiger partial charge >= 0.3 is 0 Å². The molecule has 25 heavy (non-hydrogen) atoms. The molecule has 0 spiro atoms. The molecule has 0 aromatic carbocycles. The molecule has 4 heterocycles. The van der Waals surface area contributed by atoms with Gasteiger partial charge in [0.15, 0.2) is 0 Å². The van der Waals surface area contributed by atoms with E-state index in [-0.39, 0.29) is 12.3 Å². The third kappa shape index (κ3) is 3.22. The number of aryl methyl sites for hydroxylation is 1. The molecule has 1 fully saturated rings. The van der Waals surface area contributed by atoms with Crippen molar-refractivity contribution in [2.24, 2.45) is 0 Å². The van der Waals surface area contributed by atoms with Crippen molar-refractivity contribution < 1.29 is 9.42 Å². The van der Waals surface area contributed by atoms with Crippen LogP contribution in [0.1, 0.15) is 35.8 Å². The Kier molecular flexibility index (Phi) is 4.13. The Labute approximate surface area is 145 Å². The van der Waals surface area contributed by atoms with E-state index >= 15 is 0 Å². The third-order valence-corrected chi connectivity index (χ3v) is 4.84. The topological polar surface area (TPSA) is 85.0 Å². The van der Waals surface area contributed by atoms with Crippen molar-refractivity contribution in [1.29, 1.82) is 0 Å². The molecule has 1 aliphatic heterocycles. The molecule has 4 rings (SSSR count). The lowest BCUT2D eigenvalue weighted by molar-refractivity contribution is -0.131. The summed E-state index contributed by atoms with van der Waals surface area (Å²) in [6, 6.07) is 6.00. The lowest BCUT2D eigenvalue weighted by atomic mass is 9.92. The average molecular weight is 337 g/mol. The van der Waals surface area contributed by atoms with Crippen molar-refractivity contribution in [3.8, 4) is 0 Å². The van der Waals surface area contributed by atoms with Crippen molar-refractivity contribution in [3.63, 3.8) is 0 Å². The highest BCUT2D eigenvalue weighted by atomic mass is 16.6. The van der Waals surface area contributed by atoms with Crippen LogP contribution >= 0.6 is 0 Å². The van der Waals surface area contributed by atoms with E-state index in [1.807, 2.05) is 23.2 Å². The number of piperidine rings is 1. The Bertz CT molecular complexity index is 899. The van der Waals surface area contributed by atoms with E-state index in [2.05, 4.69) is 31.0 Å². The van der Waals surface area contributed by atoms with E-state index in [1.165, 1.54) is 0 Å². The Morgan fingerprint density at radius 2 is 2.12 bits per heavy atom. The molecule has 0 unspecified atom stereocenters. The van der Waals surface area contributed by atoms with Crippen LogP contribution in [0.2, 0.25) is 0 Å². The molecule has 0 N–H and O–H groups in total. The van der Waals surface area contributed by atoms with Crippen LogP contribution in [0.15, 0.2) is 35.2 Å². The summed E-state index contributed by atoms with van der Waals surface area (Å²) in [5.74, 6) is 0.441. The van der Waals surface area contributed by atoms with Crippen molar-refractivity contribution in [1.82, 2.24) is 25.2 Å². The summed E-state index contributed by atoms with van der Waals surface area (Å²) in [4.78, 5) is 23.3. The molecule has 0 bridgehead atoms. The van der Waals surface area contributed by atoms with Gasteiger partial charge in [-0.15, -0.1) is 0 Å². The van der Waals surface area contributed by atoms with Gasteiger partial charge in [0, 0.05) is 42.5 Å². The number of hydrogen-bond donors (Lipinski definition) is 0. The zero-order chi connectivity index (χ0) is 17.2. The molecule has 0 saturated carbocycles. The molecular formula is C18H19N5O2. The standard InChI is InChI=1S/C18H19N5O2/c1-12-15(22-25-21-12)10-18(24)23-7-4-13(5-8-23)16-9-17-14(11-20-16)3-2-6-19-17/h2-3,6,9,11,13H,4-5,7-8,10H2,1H3. The number of likely N-dealkylation sites (tertiary alicyclic amines) is 1. The second-order valence-electron chi connectivity index (χ2n) is 6.43. The first kappa shape index (κ1) is 15.7. The van der Waals surface area contributed by atoms with E-state index in [0.29, 0.717) is 17.3 Å². The summed E-state index contributed by atoms with van der Waals surface area (Å²) in [6.45, 7) is 3.26. The van der Waals surface area contributed by atoms with Crippen molar-refractivity contribution in [2.75, 3.05) is 13.1 Å². The Hall–Kier alpha value is -2.83. The lowest BCUT2D eigenvalue weighted by Crippen LogP contribution is -2.39. The van der Waals surface area contributed by atoms with Gasteiger partial charge in [-0.25, -0.2) is 4.63 Å². The zero-order valence-corrected chi connectivity index (χ0v) is 14.1. The normalized spacial score (nSPS) is 15.6. The van der Waals surface area contributed by atoms with Gasteiger partial charge in [0.25, 0.3) is 0 Å². The molecule has 1 saturated heterocycles. The minimum absolute atomic E-state index is 0.0744. The maximum absolute atomic E-state index is 12.4.